The highest BCUT2D eigenvalue weighted by Crippen LogP contribution is 2.29. The van der Waals surface area contributed by atoms with Crippen LogP contribution in [0.15, 0.2) is 66.9 Å². The minimum Gasteiger partial charge on any atom is -0.497 e. The van der Waals surface area contributed by atoms with E-state index in [1.165, 1.54) is 5.56 Å². The molecule has 29 heavy (non-hydrogen) atoms. The van der Waals surface area contributed by atoms with Crippen LogP contribution in [-0.2, 0) is 6.42 Å². The van der Waals surface area contributed by atoms with Crippen LogP contribution in [0.25, 0.3) is 0 Å². The maximum Gasteiger partial charge on any atom is 0.257 e. The zero-order chi connectivity index (χ0) is 20.5. The Morgan fingerprint density at radius 2 is 1.83 bits per heavy atom. The Hall–Kier alpha value is -3.54. The number of amides is 1. The van der Waals surface area contributed by atoms with E-state index in [1.54, 1.807) is 50.7 Å². The van der Waals surface area contributed by atoms with Crippen LogP contribution in [0.1, 0.15) is 22.3 Å². The number of anilines is 2. The fourth-order valence-electron chi connectivity index (χ4n) is 2.89. The van der Waals surface area contributed by atoms with Crippen LogP contribution in [0, 0.1) is 0 Å². The average Bonchev–Trinajstić information content (AvgIpc) is 2.77. The first-order valence-electron chi connectivity index (χ1n) is 9.47. The number of hydrogen-bond acceptors (Lipinski definition) is 5. The van der Waals surface area contributed by atoms with E-state index in [2.05, 4.69) is 39.9 Å². The monoisotopic (exact) mass is 391 g/mol. The highest BCUT2D eigenvalue weighted by Gasteiger charge is 2.11. The summed E-state index contributed by atoms with van der Waals surface area (Å²) in [5.74, 6) is 1.67. The Bertz CT molecular complexity index is 928. The highest BCUT2D eigenvalue weighted by atomic mass is 16.5. The van der Waals surface area contributed by atoms with E-state index in [4.69, 9.17) is 9.47 Å². The number of carbonyl (C=O) groups is 1. The van der Waals surface area contributed by atoms with Crippen LogP contribution in [0.5, 0.6) is 11.5 Å². The van der Waals surface area contributed by atoms with Crippen molar-refractivity contribution in [3.63, 3.8) is 0 Å². The zero-order valence-corrected chi connectivity index (χ0v) is 16.6. The molecule has 0 bridgehead atoms. The van der Waals surface area contributed by atoms with Gasteiger partial charge in [-0.2, -0.15) is 0 Å². The lowest BCUT2D eigenvalue weighted by atomic mass is 10.1. The van der Waals surface area contributed by atoms with Gasteiger partial charge in [-0.05, 0) is 42.7 Å². The van der Waals surface area contributed by atoms with Crippen LogP contribution in [0.2, 0.25) is 0 Å². The molecule has 0 unspecified atom stereocenters. The molecule has 0 saturated heterocycles. The fourth-order valence-corrected chi connectivity index (χ4v) is 2.89. The van der Waals surface area contributed by atoms with Gasteiger partial charge in [0.2, 0.25) is 0 Å². The van der Waals surface area contributed by atoms with Crippen molar-refractivity contribution >= 4 is 17.4 Å². The van der Waals surface area contributed by atoms with Gasteiger partial charge < -0.3 is 20.1 Å². The maximum atomic E-state index is 12.5. The Morgan fingerprint density at radius 1 is 1.00 bits per heavy atom. The van der Waals surface area contributed by atoms with Crippen molar-refractivity contribution in [2.45, 2.75) is 12.8 Å². The average molecular weight is 391 g/mol. The second-order valence-corrected chi connectivity index (χ2v) is 6.47. The summed E-state index contributed by atoms with van der Waals surface area (Å²) in [5, 5.41) is 6.12. The zero-order valence-electron chi connectivity index (χ0n) is 16.6. The van der Waals surface area contributed by atoms with E-state index in [0.29, 0.717) is 22.7 Å². The molecule has 1 heterocycles. The largest absolute Gasteiger partial charge is 0.497 e. The van der Waals surface area contributed by atoms with Crippen LogP contribution < -0.4 is 20.1 Å². The third kappa shape index (κ3) is 5.72. The molecule has 0 aliphatic heterocycles. The molecular formula is C23H25N3O3. The van der Waals surface area contributed by atoms with Gasteiger partial charge in [0.25, 0.3) is 5.91 Å². The highest BCUT2D eigenvalue weighted by molar-refractivity contribution is 6.05. The van der Waals surface area contributed by atoms with Crippen molar-refractivity contribution in [1.29, 1.82) is 0 Å². The molecule has 0 saturated carbocycles. The number of rotatable bonds is 9. The van der Waals surface area contributed by atoms with E-state index in [-0.39, 0.29) is 5.91 Å². The van der Waals surface area contributed by atoms with Crippen LogP contribution >= 0.6 is 0 Å². The van der Waals surface area contributed by atoms with Gasteiger partial charge in [-0.3, -0.25) is 4.79 Å². The molecule has 0 spiro atoms. The molecule has 3 aromatic rings. The molecule has 6 heteroatoms. The molecule has 150 valence electrons. The number of pyridine rings is 1. The lowest BCUT2D eigenvalue weighted by molar-refractivity contribution is 0.102. The molecule has 0 aliphatic rings. The minimum absolute atomic E-state index is 0.264. The summed E-state index contributed by atoms with van der Waals surface area (Å²) in [6.45, 7) is 0.814. The molecule has 6 nitrogen and oxygen atoms in total. The predicted octanol–water partition coefficient (Wildman–Crippen LogP) is 4.40. The molecule has 2 aromatic carbocycles. The number of benzene rings is 2. The van der Waals surface area contributed by atoms with Gasteiger partial charge in [-0.25, -0.2) is 4.98 Å². The Morgan fingerprint density at radius 3 is 2.52 bits per heavy atom. The quantitative estimate of drug-likeness (QED) is 0.529. The lowest BCUT2D eigenvalue weighted by Crippen LogP contribution is -2.13. The molecule has 1 aromatic heterocycles. The van der Waals surface area contributed by atoms with E-state index >= 15 is 0 Å². The van der Waals surface area contributed by atoms with Crippen molar-refractivity contribution in [3.05, 3.63) is 78.0 Å². The first kappa shape index (κ1) is 20.2. The van der Waals surface area contributed by atoms with E-state index in [1.807, 2.05) is 6.07 Å². The normalized spacial score (nSPS) is 10.3. The summed E-state index contributed by atoms with van der Waals surface area (Å²) in [4.78, 5) is 16.9. The summed E-state index contributed by atoms with van der Waals surface area (Å²) in [5.41, 5.74) is 2.33. The predicted molar refractivity (Wildman–Crippen MR) is 115 cm³/mol. The molecular weight excluding hydrogens is 366 g/mol. The minimum atomic E-state index is -0.264. The topological polar surface area (TPSA) is 72.5 Å². The van der Waals surface area contributed by atoms with Crippen molar-refractivity contribution in [2.75, 3.05) is 31.4 Å². The van der Waals surface area contributed by atoms with Gasteiger partial charge in [0.05, 0.1) is 25.5 Å². The van der Waals surface area contributed by atoms with Crippen molar-refractivity contribution in [1.82, 2.24) is 4.98 Å². The fraction of sp³-hybridized carbons (Fsp3) is 0.217. The second-order valence-electron chi connectivity index (χ2n) is 6.47. The van der Waals surface area contributed by atoms with Gasteiger partial charge in [0.15, 0.2) is 0 Å². The lowest BCUT2D eigenvalue weighted by Gasteiger charge is -2.12. The van der Waals surface area contributed by atoms with Gasteiger partial charge in [0.1, 0.15) is 17.3 Å². The van der Waals surface area contributed by atoms with Crippen LogP contribution in [-0.4, -0.2) is 31.7 Å². The number of ether oxygens (including phenoxy) is 2. The summed E-state index contributed by atoms with van der Waals surface area (Å²) in [6, 6.07) is 19.2. The first-order chi connectivity index (χ1) is 14.2. The molecule has 0 fully saturated rings. The van der Waals surface area contributed by atoms with Crippen molar-refractivity contribution in [3.8, 4) is 11.5 Å². The number of nitrogens with one attached hydrogen (secondary N) is 2. The number of methoxy groups -OCH3 is 2. The summed E-state index contributed by atoms with van der Waals surface area (Å²) >= 11 is 0. The van der Waals surface area contributed by atoms with Gasteiger partial charge in [-0.15, -0.1) is 0 Å². The molecule has 2 N–H and O–H groups in total. The van der Waals surface area contributed by atoms with Crippen molar-refractivity contribution in [2.24, 2.45) is 0 Å². The molecule has 3 rings (SSSR count). The molecule has 0 atom stereocenters. The first-order valence-corrected chi connectivity index (χ1v) is 9.47. The van der Waals surface area contributed by atoms with Gasteiger partial charge in [-0.1, -0.05) is 30.3 Å². The number of nitrogens with zero attached hydrogens (tertiary/aromatic N) is 1. The molecule has 0 aliphatic carbocycles. The standard InChI is InChI=1S/C23H25N3O3/c1-28-19-11-12-21(29-2)20(15-19)26-23(27)18-10-13-22(25-16-18)24-14-6-9-17-7-4-3-5-8-17/h3-5,7-8,10-13,15-16H,6,9,14H2,1-2H3,(H,24,25)(H,26,27). The van der Waals surface area contributed by atoms with E-state index in [0.717, 1.165) is 25.2 Å². The third-order valence-corrected chi connectivity index (χ3v) is 4.47. The van der Waals surface area contributed by atoms with Crippen LogP contribution in [0.4, 0.5) is 11.5 Å². The number of aromatic nitrogens is 1. The van der Waals surface area contributed by atoms with E-state index in [9.17, 15) is 4.79 Å². The van der Waals surface area contributed by atoms with Gasteiger partial charge in [0, 0.05) is 18.8 Å². The summed E-state index contributed by atoms with van der Waals surface area (Å²) in [6.07, 6.45) is 3.57. The number of hydrogen-bond donors (Lipinski definition) is 2. The van der Waals surface area contributed by atoms with E-state index < -0.39 is 0 Å². The molecule has 0 radical (unpaired) electrons. The SMILES string of the molecule is COc1ccc(OC)c(NC(=O)c2ccc(NCCCc3ccccc3)nc2)c1. The Kier molecular flexibility index (Phi) is 7.05. The Balaban J connectivity index is 1.53. The second kappa shape index (κ2) is 10.1. The Labute approximate surface area is 170 Å². The molecule has 1 amide bonds. The van der Waals surface area contributed by atoms with Crippen molar-refractivity contribution < 1.29 is 14.3 Å². The number of carbonyl (C=O) groups excluding carboxylic acids is 1. The summed E-state index contributed by atoms with van der Waals surface area (Å²) < 4.78 is 10.5. The smallest absolute Gasteiger partial charge is 0.257 e. The van der Waals surface area contributed by atoms with Crippen LogP contribution in [0.3, 0.4) is 0 Å². The summed E-state index contributed by atoms with van der Waals surface area (Å²) in [7, 11) is 3.13. The number of aryl methyl sites for hydroxylation is 1. The third-order valence-electron chi connectivity index (χ3n) is 4.47. The van der Waals surface area contributed by atoms with Gasteiger partial charge >= 0.3 is 0 Å². The maximum absolute atomic E-state index is 12.5.